The van der Waals surface area contributed by atoms with Crippen LogP contribution in [0.5, 0.6) is 5.75 Å². The quantitative estimate of drug-likeness (QED) is 0.679. The molecule has 1 fully saturated rings. The Hall–Kier alpha value is -1.15. The summed E-state index contributed by atoms with van der Waals surface area (Å²) in [5.74, 6) is 1.64. The maximum atomic E-state index is 6.24. The largest absolute Gasteiger partial charge is 0.484 e. The van der Waals surface area contributed by atoms with Crippen LogP contribution in [0.25, 0.3) is 0 Å². The molecule has 1 saturated carbocycles. The topological polar surface area (TPSA) is 9.23 Å². The minimum Gasteiger partial charge on any atom is -0.484 e. The van der Waals surface area contributed by atoms with Crippen LogP contribution in [0.3, 0.4) is 0 Å². The molecule has 2 heteroatoms. The van der Waals surface area contributed by atoms with Crippen molar-refractivity contribution in [2.45, 2.75) is 61.7 Å². The molecule has 0 unspecified atom stereocenters. The van der Waals surface area contributed by atoms with Gasteiger partial charge in [0.1, 0.15) is 11.9 Å². The molecular weight excluding hydrogens is 276 g/mol. The number of hydrogen-bond donors (Lipinski definition) is 0. The average Bonchev–Trinajstić information content (AvgIpc) is 3.12. The van der Waals surface area contributed by atoms with Crippen LogP contribution in [0, 0.1) is 0 Å². The summed E-state index contributed by atoms with van der Waals surface area (Å²) in [6, 6.07) is 6.69. The van der Waals surface area contributed by atoms with E-state index in [1.807, 2.05) is 11.8 Å². The lowest BCUT2D eigenvalue weighted by Crippen LogP contribution is -2.28. The lowest BCUT2D eigenvalue weighted by Gasteiger charge is -2.30. The maximum absolute atomic E-state index is 6.24. The van der Waals surface area contributed by atoms with Crippen molar-refractivity contribution in [2.75, 3.05) is 0 Å². The minimum absolute atomic E-state index is 0.232. The lowest BCUT2D eigenvalue weighted by molar-refractivity contribution is 0.248. The van der Waals surface area contributed by atoms with Crippen molar-refractivity contribution in [3.05, 3.63) is 47.1 Å². The summed E-state index contributed by atoms with van der Waals surface area (Å²) in [5, 5.41) is 0.480. The zero-order valence-corrected chi connectivity index (χ0v) is 13.6. The minimum atomic E-state index is 0.232. The van der Waals surface area contributed by atoms with Gasteiger partial charge in [-0.25, -0.2) is 0 Å². The molecule has 0 spiro atoms. The van der Waals surface area contributed by atoms with Gasteiger partial charge in [0, 0.05) is 0 Å². The van der Waals surface area contributed by atoms with Crippen molar-refractivity contribution in [2.24, 2.45) is 0 Å². The molecule has 0 N–H and O–H groups in total. The van der Waals surface area contributed by atoms with Gasteiger partial charge in [0.2, 0.25) is 0 Å². The van der Waals surface area contributed by atoms with Gasteiger partial charge in [0.05, 0.1) is 10.1 Å². The summed E-state index contributed by atoms with van der Waals surface area (Å²) in [6.45, 7) is 4.50. The molecule has 4 rings (SSSR count). The SMILES string of the molecule is CC(C)c1ccc2c(c1)S[C@H]1C(=C3CCCC3)C=C[C@H]1O2. The third-order valence-electron chi connectivity index (χ3n) is 4.84. The summed E-state index contributed by atoms with van der Waals surface area (Å²) < 4.78 is 6.24. The van der Waals surface area contributed by atoms with Crippen LogP contribution in [0.15, 0.2) is 46.4 Å². The molecule has 0 aromatic heterocycles. The first-order chi connectivity index (χ1) is 10.2. The van der Waals surface area contributed by atoms with E-state index in [1.54, 1.807) is 11.1 Å². The van der Waals surface area contributed by atoms with Gasteiger partial charge in [-0.05, 0) is 60.9 Å². The van der Waals surface area contributed by atoms with E-state index in [2.05, 4.69) is 44.2 Å². The Balaban J connectivity index is 1.68. The number of rotatable bonds is 1. The molecule has 1 aromatic rings. The van der Waals surface area contributed by atoms with Gasteiger partial charge in [-0.15, -0.1) is 11.8 Å². The first kappa shape index (κ1) is 13.5. The van der Waals surface area contributed by atoms with Crippen LogP contribution in [-0.2, 0) is 0 Å². The Morgan fingerprint density at radius 1 is 1.19 bits per heavy atom. The summed E-state index contributed by atoms with van der Waals surface area (Å²) in [4.78, 5) is 1.32. The third-order valence-corrected chi connectivity index (χ3v) is 6.19. The van der Waals surface area contributed by atoms with E-state index >= 15 is 0 Å². The molecule has 0 bridgehead atoms. The summed E-state index contributed by atoms with van der Waals surface area (Å²) in [7, 11) is 0. The molecule has 2 aliphatic carbocycles. The number of benzene rings is 1. The zero-order chi connectivity index (χ0) is 14.4. The second kappa shape index (κ2) is 5.24. The first-order valence-corrected chi connectivity index (χ1v) is 8.98. The van der Waals surface area contributed by atoms with Gasteiger partial charge in [-0.1, -0.05) is 31.6 Å². The molecule has 0 amide bonds. The predicted molar refractivity (Wildman–Crippen MR) is 89.2 cm³/mol. The van der Waals surface area contributed by atoms with Gasteiger partial charge < -0.3 is 4.74 Å². The monoisotopic (exact) mass is 298 g/mol. The van der Waals surface area contributed by atoms with Gasteiger partial charge in [0.25, 0.3) is 0 Å². The highest BCUT2D eigenvalue weighted by Crippen LogP contribution is 2.48. The van der Waals surface area contributed by atoms with Crippen molar-refractivity contribution in [1.82, 2.24) is 0 Å². The third kappa shape index (κ3) is 2.34. The Bertz CT molecular complexity index is 618. The molecule has 1 nitrogen and oxygen atoms in total. The van der Waals surface area contributed by atoms with Gasteiger partial charge in [-0.3, -0.25) is 0 Å². The summed E-state index contributed by atoms with van der Waals surface area (Å²) >= 11 is 2.01. The average molecular weight is 298 g/mol. The van der Waals surface area contributed by atoms with Crippen molar-refractivity contribution in [3.8, 4) is 5.75 Å². The molecule has 1 heterocycles. The van der Waals surface area contributed by atoms with Gasteiger partial charge in [0.15, 0.2) is 0 Å². The summed E-state index contributed by atoms with van der Waals surface area (Å²) in [6.07, 6.45) is 10.1. The van der Waals surface area contributed by atoms with Crippen molar-refractivity contribution in [1.29, 1.82) is 0 Å². The number of fused-ring (bicyclic) bond motifs is 2. The Morgan fingerprint density at radius 2 is 2.00 bits per heavy atom. The fourth-order valence-electron chi connectivity index (χ4n) is 3.57. The van der Waals surface area contributed by atoms with E-state index in [1.165, 1.54) is 36.1 Å². The first-order valence-electron chi connectivity index (χ1n) is 8.10. The molecule has 0 radical (unpaired) electrons. The predicted octanol–water partition coefficient (Wildman–Crippen LogP) is 5.47. The van der Waals surface area contributed by atoms with Crippen LogP contribution in [-0.4, -0.2) is 11.4 Å². The maximum Gasteiger partial charge on any atom is 0.133 e. The highest BCUT2D eigenvalue weighted by Gasteiger charge is 2.36. The van der Waals surface area contributed by atoms with E-state index in [4.69, 9.17) is 4.74 Å². The van der Waals surface area contributed by atoms with Crippen LogP contribution >= 0.6 is 11.8 Å². The fourth-order valence-corrected chi connectivity index (χ4v) is 4.93. The zero-order valence-electron chi connectivity index (χ0n) is 12.8. The Kier molecular flexibility index (Phi) is 3.37. The number of thioether (sulfide) groups is 1. The van der Waals surface area contributed by atoms with Crippen LogP contribution in [0.4, 0.5) is 0 Å². The second-order valence-corrected chi connectivity index (χ2v) is 7.79. The van der Waals surface area contributed by atoms with E-state index in [-0.39, 0.29) is 6.10 Å². The van der Waals surface area contributed by atoms with E-state index in [9.17, 15) is 0 Å². The highest BCUT2D eigenvalue weighted by molar-refractivity contribution is 8.00. The van der Waals surface area contributed by atoms with Crippen molar-refractivity contribution in [3.63, 3.8) is 0 Å². The molecule has 1 aliphatic heterocycles. The molecule has 3 aliphatic rings. The molecule has 21 heavy (non-hydrogen) atoms. The van der Waals surface area contributed by atoms with Crippen molar-refractivity contribution < 1.29 is 4.74 Å². The Morgan fingerprint density at radius 3 is 2.76 bits per heavy atom. The van der Waals surface area contributed by atoms with E-state index in [0.29, 0.717) is 11.2 Å². The van der Waals surface area contributed by atoms with E-state index in [0.717, 1.165) is 5.75 Å². The number of allylic oxidation sites excluding steroid dienone is 2. The van der Waals surface area contributed by atoms with E-state index < -0.39 is 0 Å². The fraction of sp³-hybridized carbons (Fsp3) is 0.474. The standard InChI is InChI=1S/C19H22OS/c1-12(2)14-7-9-16-18(11-14)21-19-15(8-10-17(19)20-16)13-5-3-4-6-13/h7-12,17,19H,3-6H2,1-2H3/t17-,19+/m1/s1. The number of ether oxygens (including phenoxy) is 1. The second-order valence-electron chi connectivity index (χ2n) is 6.61. The highest BCUT2D eigenvalue weighted by atomic mass is 32.2. The normalized spacial score (nSPS) is 27.0. The lowest BCUT2D eigenvalue weighted by atomic mass is 10.0. The molecule has 1 aromatic carbocycles. The van der Waals surface area contributed by atoms with Gasteiger partial charge >= 0.3 is 0 Å². The molecule has 0 saturated heterocycles. The van der Waals surface area contributed by atoms with Gasteiger partial charge in [-0.2, -0.15) is 0 Å². The molecule has 110 valence electrons. The molecule has 2 atom stereocenters. The summed E-state index contributed by atoms with van der Waals surface area (Å²) in [5.41, 5.74) is 4.64. The van der Waals surface area contributed by atoms with Crippen LogP contribution in [0.1, 0.15) is 51.0 Å². The van der Waals surface area contributed by atoms with Crippen molar-refractivity contribution >= 4 is 11.8 Å². The van der Waals surface area contributed by atoms with Crippen LogP contribution in [0.2, 0.25) is 0 Å². The molecular formula is C19H22OS. The van der Waals surface area contributed by atoms with Crippen LogP contribution < -0.4 is 4.74 Å². The number of hydrogen-bond acceptors (Lipinski definition) is 2. The Labute approximate surface area is 131 Å². The smallest absolute Gasteiger partial charge is 0.133 e.